The van der Waals surface area contributed by atoms with E-state index in [1.165, 1.54) is 51.4 Å². The molecule has 0 aromatic heterocycles. The van der Waals surface area contributed by atoms with Crippen LogP contribution < -0.4 is 11.5 Å². The molecule has 5 nitrogen and oxygen atoms in total. The fourth-order valence-corrected chi connectivity index (χ4v) is 2.02. The summed E-state index contributed by atoms with van der Waals surface area (Å²) in [5.41, 5.74) is 9.24. The van der Waals surface area contributed by atoms with Gasteiger partial charge >= 0.3 is 8.25 Å². The first-order chi connectivity index (χ1) is 9.50. The topological polar surface area (TPSA) is 98.6 Å². The highest BCUT2D eigenvalue weighted by Gasteiger charge is 2.09. The Labute approximate surface area is 129 Å². The van der Waals surface area contributed by atoms with Crippen molar-refractivity contribution in [2.24, 2.45) is 11.5 Å². The molecule has 7 heteroatoms. The van der Waals surface area contributed by atoms with Gasteiger partial charge in [-0.2, -0.15) is 0 Å². The quantitative estimate of drug-likeness (QED) is 0.287. The van der Waals surface area contributed by atoms with Crippen molar-refractivity contribution in [3.05, 3.63) is 0 Å². The van der Waals surface area contributed by atoms with Crippen LogP contribution in [0.2, 0.25) is 0 Å². The Morgan fingerprint density at radius 1 is 1.00 bits per heavy atom. The smallest absolute Gasteiger partial charge is 0.377 e. The Bertz CT molecular complexity index is 240. The molecule has 0 heterocycles. The Balaban J connectivity index is 0. The Hall–Kier alpha value is -0.290. The summed E-state index contributed by atoms with van der Waals surface area (Å²) in [6.45, 7) is 2.66. The van der Waals surface area contributed by atoms with Crippen molar-refractivity contribution < 1.29 is 14.0 Å². The minimum absolute atomic E-state index is 0.000000000000000222. The molecule has 20 heavy (non-hydrogen) atoms. The van der Waals surface area contributed by atoms with Crippen LogP contribution in [0.1, 0.15) is 71.1 Å². The van der Waals surface area contributed by atoms with Crippen LogP contribution in [0.3, 0.4) is 0 Å². The average molecular weight is 325 g/mol. The number of thiocarbonyl (C=S) groups is 1. The van der Waals surface area contributed by atoms with Gasteiger partial charge in [0, 0.05) is 4.57 Å². The first kappa shape index (κ1) is 22.0. The SMILES string of the molecule is CCCCCCCCCCCCO[P+](=O)O.NC(N)=S. The molecule has 0 radical (unpaired) electrons. The third-order valence-corrected chi connectivity index (χ3v) is 3.10. The Morgan fingerprint density at radius 3 is 1.70 bits per heavy atom. The summed E-state index contributed by atoms with van der Waals surface area (Å²) in [6, 6.07) is 0. The molecular weight excluding hydrogens is 295 g/mol. The summed E-state index contributed by atoms with van der Waals surface area (Å²) >= 11 is 4.09. The van der Waals surface area contributed by atoms with E-state index in [2.05, 4.69) is 35.1 Å². The molecule has 0 bridgehead atoms. The van der Waals surface area contributed by atoms with Crippen molar-refractivity contribution in [2.75, 3.05) is 6.61 Å². The van der Waals surface area contributed by atoms with E-state index in [0.717, 1.165) is 12.8 Å². The molecule has 0 fully saturated rings. The molecule has 0 aliphatic heterocycles. The maximum atomic E-state index is 10.2. The molecule has 0 saturated carbocycles. The number of nitrogens with two attached hydrogens (primary N) is 2. The molecule has 0 amide bonds. The highest BCUT2D eigenvalue weighted by molar-refractivity contribution is 7.80. The largest absolute Gasteiger partial charge is 0.694 e. The lowest BCUT2D eigenvalue weighted by atomic mass is 10.1. The lowest BCUT2D eigenvalue weighted by Gasteiger charge is -2.00. The van der Waals surface area contributed by atoms with Crippen molar-refractivity contribution in [1.29, 1.82) is 0 Å². The second kappa shape index (κ2) is 18.7. The summed E-state index contributed by atoms with van der Waals surface area (Å²) in [7, 11) is -2.39. The summed E-state index contributed by atoms with van der Waals surface area (Å²) in [6.07, 6.45) is 12.7. The van der Waals surface area contributed by atoms with Crippen molar-refractivity contribution in [1.82, 2.24) is 0 Å². The molecule has 1 atom stereocenters. The van der Waals surface area contributed by atoms with E-state index in [9.17, 15) is 4.57 Å². The van der Waals surface area contributed by atoms with Crippen molar-refractivity contribution >= 4 is 25.6 Å². The molecule has 0 aromatic rings. The molecule has 5 N–H and O–H groups in total. The Kier molecular flexibility index (Phi) is 20.6. The van der Waals surface area contributed by atoms with E-state index >= 15 is 0 Å². The second-order valence-electron chi connectivity index (χ2n) is 4.66. The molecule has 0 saturated heterocycles. The van der Waals surface area contributed by atoms with Gasteiger partial charge in [0.2, 0.25) is 0 Å². The fraction of sp³-hybridized carbons (Fsp3) is 0.923. The van der Waals surface area contributed by atoms with Gasteiger partial charge in [0.15, 0.2) is 5.11 Å². The maximum Gasteiger partial charge on any atom is 0.694 e. The predicted octanol–water partition coefficient (Wildman–Crippen LogP) is 3.76. The highest BCUT2D eigenvalue weighted by atomic mass is 32.1. The summed E-state index contributed by atoms with van der Waals surface area (Å²) in [4.78, 5) is 8.38. The standard InChI is InChI=1S/C12H25O3P.CH4N2S/c1-2-3-4-5-6-7-8-9-10-11-12-15-16(13)14;2-1(3)4/h2-12H2,1H3;(H4,2,3,4)/p+1. The zero-order chi connectivity index (χ0) is 15.6. The van der Waals surface area contributed by atoms with Crippen LogP contribution >= 0.6 is 20.5 Å². The zero-order valence-corrected chi connectivity index (χ0v) is 14.3. The van der Waals surface area contributed by atoms with Gasteiger partial charge in [0.05, 0.1) is 0 Å². The maximum absolute atomic E-state index is 10.2. The fourth-order valence-electron chi connectivity index (χ4n) is 1.73. The van der Waals surface area contributed by atoms with Gasteiger partial charge < -0.3 is 11.5 Å². The van der Waals surface area contributed by atoms with Crippen LogP contribution in [0.15, 0.2) is 0 Å². The lowest BCUT2D eigenvalue weighted by Crippen LogP contribution is -2.18. The zero-order valence-electron chi connectivity index (χ0n) is 12.6. The molecule has 0 aliphatic rings. The van der Waals surface area contributed by atoms with Gasteiger partial charge in [-0.25, -0.2) is 0 Å². The first-order valence-corrected chi connectivity index (χ1v) is 8.88. The van der Waals surface area contributed by atoms with Gasteiger partial charge in [-0.3, -0.25) is 0 Å². The highest BCUT2D eigenvalue weighted by Crippen LogP contribution is 2.16. The van der Waals surface area contributed by atoms with Gasteiger partial charge in [-0.15, -0.1) is 9.42 Å². The summed E-state index contributed by atoms with van der Waals surface area (Å²) in [5.74, 6) is 0. The minimum Gasteiger partial charge on any atom is -0.377 e. The normalized spacial score (nSPS) is 10.6. The Morgan fingerprint density at radius 2 is 1.35 bits per heavy atom. The molecule has 1 unspecified atom stereocenters. The van der Waals surface area contributed by atoms with E-state index in [1.54, 1.807) is 0 Å². The number of rotatable bonds is 12. The van der Waals surface area contributed by atoms with Crippen LogP contribution in [-0.2, 0) is 9.09 Å². The van der Waals surface area contributed by atoms with Crippen LogP contribution in [0.25, 0.3) is 0 Å². The van der Waals surface area contributed by atoms with Crippen LogP contribution in [0.5, 0.6) is 0 Å². The van der Waals surface area contributed by atoms with Crippen LogP contribution in [0.4, 0.5) is 0 Å². The van der Waals surface area contributed by atoms with E-state index in [0.29, 0.717) is 6.61 Å². The third-order valence-electron chi connectivity index (χ3n) is 2.70. The second-order valence-corrected chi connectivity index (χ2v) is 5.86. The van der Waals surface area contributed by atoms with Gasteiger partial charge in [-0.1, -0.05) is 64.7 Å². The molecule has 120 valence electrons. The van der Waals surface area contributed by atoms with E-state index in [4.69, 9.17) is 4.89 Å². The van der Waals surface area contributed by atoms with Crippen molar-refractivity contribution in [2.45, 2.75) is 71.1 Å². The average Bonchev–Trinajstić information content (AvgIpc) is 2.35. The van der Waals surface area contributed by atoms with Crippen LogP contribution in [-0.4, -0.2) is 16.6 Å². The van der Waals surface area contributed by atoms with E-state index in [1.807, 2.05) is 0 Å². The minimum atomic E-state index is -2.39. The van der Waals surface area contributed by atoms with Gasteiger partial charge in [-0.05, 0) is 18.6 Å². The number of unbranched alkanes of at least 4 members (excludes halogenated alkanes) is 9. The lowest BCUT2D eigenvalue weighted by molar-refractivity contribution is 0.273. The first-order valence-electron chi connectivity index (χ1n) is 7.34. The van der Waals surface area contributed by atoms with Crippen molar-refractivity contribution in [3.8, 4) is 0 Å². The number of hydrogen-bond donors (Lipinski definition) is 3. The monoisotopic (exact) mass is 325 g/mol. The summed E-state index contributed by atoms with van der Waals surface area (Å²) in [5, 5.41) is 0.000000000000000222. The van der Waals surface area contributed by atoms with Gasteiger partial charge in [0.25, 0.3) is 0 Å². The molecule has 0 aliphatic carbocycles. The van der Waals surface area contributed by atoms with Crippen LogP contribution in [0, 0.1) is 0 Å². The molecule has 0 rings (SSSR count). The third kappa shape index (κ3) is 30.6. The number of hydrogen-bond acceptors (Lipinski definition) is 3. The molecular formula is C13H30N2O3PS+. The predicted molar refractivity (Wildman–Crippen MR) is 88.6 cm³/mol. The molecule has 0 spiro atoms. The van der Waals surface area contributed by atoms with E-state index in [-0.39, 0.29) is 5.11 Å². The van der Waals surface area contributed by atoms with E-state index < -0.39 is 8.25 Å². The summed E-state index contributed by atoms with van der Waals surface area (Å²) < 4.78 is 14.8. The van der Waals surface area contributed by atoms with Crippen molar-refractivity contribution in [3.63, 3.8) is 0 Å². The molecule has 0 aromatic carbocycles. The van der Waals surface area contributed by atoms with Gasteiger partial charge in [0.1, 0.15) is 6.61 Å².